The highest BCUT2D eigenvalue weighted by atomic mass is 16.5. The first-order valence-electron chi connectivity index (χ1n) is 6.14. The van der Waals surface area contributed by atoms with Crippen molar-refractivity contribution in [2.45, 2.75) is 27.2 Å². The lowest BCUT2D eigenvalue weighted by Crippen LogP contribution is -2.11. The van der Waals surface area contributed by atoms with Crippen molar-refractivity contribution >= 4 is 0 Å². The highest BCUT2D eigenvalue weighted by Crippen LogP contribution is 2.25. The molecule has 2 N–H and O–H groups in total. The van der Waals surface area contributed by atoms with Gasteiger partial charge < -0.3 is 15.2 Å². The minimum Gasteiger partial charge on any atom is -0.493 e. The fourth-order valence-corrected chi connectivity index (χ4v) is 1.67. The number of rotatable bonds is 7. The molecule has 0 saturated carbocycles. The topological polar surface area (TPSA) is 44.5 Å². The van der Waals surface area contributed by atoms with Gasteiger partial charge in [0.1, 0.15) is 5.75 Å². The molecule has 0 atom stereocenters. The molecular weight excluding hydrogens is 214 g/mol. The Kier molecular flexibility index (Phi) is 6.01. The van der Waals surface area contributed by atoms with E-state index in [-0.39, 0.29) is 0 Å². The zero-order valence-corrected chi connectivity index (χ0v) is 11.1. The largest absolute Gasteiger partial charge is 0.493 e. The Hall–Kier alpha value is -1.06. The van der Waals surface area contributed by atoms with E-state index in [4.69, 9.17) is 15.2 Å². The Morgan fingerprint density at radius 1 is 1.00 bits per heavy atom. The van der Waals surface area contributed by atoms with E-state index in [2.05, 4.69) is 32.9 Å². The number of hydrogen-bond donors (Lipinski definition) is 1. The van der Waals surface area contributed by atoms with Gasteiger partial charge in [-0.2, -0.15) is 0 Å². The van der Waals surface area contributed by atoms with Crippen LogP contribution in [0.4, 0.5) is 0 Å². The number of benzene rings is 1. The summed E-state index contributed by atoms with van der Waals surface area (Å²) in [7, 11) is 0. The number of nitrogens with two attached hydrogens (primary N) is 1. The molecule has 1 aromatic rings. The van der Waals surface area contributed by atoms with E-state index < -0.39 is 0 Å². The van der Waals surface area contributed by atoms with Crippen LogP contribution in [-0.2, 0) is 4.74 Å². The van der Waals surface area contributed by atoms with Crippen molar-refractivity contribution in [3.8, 4) is 5.75 Å². The Morgan fingerprint density at radius 3 is 2.41 bits per heavy atom. The molecule has 0 aliphatic rings. The van der Waals surface area contributed by atoms with Crippen LogP contribution in [0.2, 0.25) is 0 Å². The van der Waals surface area contributed by atoms with Crippen molar-refractivity contribution in [1.29, 1.82) is 0 Å². The minimum atomic E-state index is 0.580. The van der Waals surface area contributed by atoms with Crippen molar-refractivity contribution in [3.63, 3.8) is 0 Å². The van der Waals surface area contributed by atoms with Gasteiger partial charge in [0.2, 0.25) is 0 Å². The summed E-state index contributed by atoms with van der Waals surface area (Å²) < 4.78 is 11.1. The summed E-state index contributed by atoms with van der Waals surface area (Å²) in [6.07, 6.45) is 0.896. The Balaban J connectivity index is 2.39. The van der Waals surface area contributed by atoms with Gasteiger partial charge in [-0.3, -0.25) is 0 Å². The zero-order chi connectivity index (χ0) is 12.7. The lowest BCUT2D eigenvalue weighted by Gasteiger charge is -2.13. The Labute approximate surface area is 104 Å². The Bertz CT molecular complexity index is 350. The first-order valence-corrected chi connectivity index (χ1v) is 6.14. The molecule has 0 aromatic heterocycles. The van der Waals surface area contributed by atoms with Gasteiger partial charge in [-0.15, -0.1) is 0 Å². The van der Waals surface area contributed by atoms with Crippen molar-refractivity contribution < 1.29 is 9.47 Å². The molecular formula is C14H23NO2. The fraction of sp³-hybridized carbons (Fsp3) is 0.571. The molecule has 3 heteroatoms. The Morgan fingerprint density at radius 2 is 1.71 bits per heavy atom. The standard InChI is InChI=1S/C14H23NO2/c1-11-5-6-12(2)14(13(11)3)17-9-4-8-16-10-7-15/h5-6H,4,7-10,15H2,1-3H3. The van der Waals surface area contributed by atoms with E-state index in [0.29, 0.717) is 26.4 Å². The van der Waals surface area contributed by atoms with Crippen LogP contribution in [0.3, 0.4) is 0 Å². The maximum absolute atomic E-state index is 5.82. The monoisotopic (exact) mass is 237 g/mol. The molecule has 0 radical (unpaired) electrons. The van der Waals surface area contributed by atoms with E-state index in [1.54, 1.807) is 0 Å². The second-order valence-corrected chi connectivity index (χ2v) is 4.26. The zero-order valence-electron chi connectivity index (χ0n) is 11.1. The highest BCUT2D eigenvalue weighted by molar-refractivity contribution is 5.44. The lowest BCUT2D eigenvalue weighted by molar-refractivity contribution is 0.125. The molecule has 1 rings (SSSR count). The molecule has 3 nitrogen and oxygen atoms in total. The molecule has 0 bridgehead atoms. The van der Waals surface area contributed by atoms with Crippen molar-refractivity contribution in [1.82, 2.24) is 0 Å². The lowest BCUT2D eigenvalue weighted by atomic mass is 10.1. The first kappa shape index (κ1) is 14.0. The number of aryl methyl sites for hydroxylation is 2. The van der Waals surface area contributed by atoms with Crippen molar-refractivity contribution in [3.05, 3.63) is 28.8 Å². The van der Waals surface area contributed by atoms with Crippen LogP contribution >= 0.6 is 0 Å². The van der Waals surface area contributed by atoms with Gasteiger partial charge >= 0.3 is 0 Å². The molecule has 17 heavy (non-hydrogen) atoms. The molecule has 0 saturated heterocycles. The highest BCUT2D eigenvalue weighted by Gasteiger charge is 2.05. The molecule has 0 aliphatic heterocycles. The SMILES string of the molecule is Cc1ccc(C)c(OCCCOCCN)c1C. The molecule has 0 aliphatic carbocycles. The number of hydrogen-bond acceptors (Lipinski definition) is 3. The van der Waals surface area contributed by atoms with Crippen LogP contribution in [0, 0.1) is 20.8 Å². The summed E-state index contributed by atoms with van der Waals surface area (Å²) in [6.45, 7) is 8.89. The molecule has 0 unspecified atom stereocenters. The van der Waals surface area contributed by atoms with E-state index in [0.717, 1.165) is 12.2 Å². The minimum absolute atomic E-state index is 0.580. The summed E-state index contributed by atoms with van der Waals surface area (Å²) in [4.78, 5) is 0. The average Bonchev–Trinajstić information content (AvgIpc) is 2.32. The van der Waals surface area contributed by atoms with Gasteiger partial charge in [0.15, 0.2) is 0 Å². The maximum Gasteiger partial charge on any atom is 0.125 e. The summed E-state index contributed by atoms with van der Waals surface area (Å²) in [5, 5.41) is 0. The van der Waals surface area contributed by atoms with Crippen LogP contribution in [0.1, 0.15) is 23.1 Å². The second kappa shape index (κ2) is 7.30. The number of ether oxygens (including phenoxy) is 2. The first-order chi connectivity index (χ1) is 8.16. The fourth-order valence-electron chi connectivity index (χ4n) is 1.67. The van der Waals surface area contributed by atoms with E-state index in [1.807, 2.05) is 0 Å². The maximum atomic E-state index is 5.82. The molecule has 0 amide bonds. The normalized spacial score (nSPS) is 10.6. The van der Waals surface area contributed by atoms with Crippen LogP contribution in [0.5, 0.6) is 5.75 Å². The average molecular weight is 237 g/mol. The summed E-state index contributed by atoms with van der Waals surface area (Å²) in [6, 6.07) is 4.23. The van der Waals surface area contributed by atoms with Gasteiger partial charge in [0.25, 0.3) is 0 Å². The van der Waals surface area contributed by atoms with E-state index in [1.165, 1.54) is 16.7 Å². The van der Waals surface area contributed by atoms with Gasteiger partial charge in [0, 0.05) is 19.6 Å². The summed E-state index contributed by atoms with van der Waals surface area (Å²) in [5.41, 5.74) is 9.02. The predicted octanol–water partition coefficient (Wildman–Crippen LogP) is 2.36. The van der Waals surface area contributed by atoms with Gasteiger partial charge in [-0.1, -0.05) is 12.1 Å². The molecule has 0 spiro atoms. The molecule has 96 valence electrons. The smallest absolute Gasteiger partial charge is 0.125 e. The van der Waals surface area contributed by atoms with Gasteiger partial charge in [-0.05, 0) is 37.5 Å². The predicted molar refractivity (Wildman–Crippen MR) is 70.6 cm³/mol. The van der Waals surface area contributed by atoms with Crippen molar-refractivity contribution in [2.24, 2.45) is 5.73 Å². The quantitative estimate of drug-likeness (QED) is 0.740. The third-order valence-corrected chi connectivity index (χ3v) is 2.82. The van der Waals surface area contributed by atoms with Crippen LogP contribution < -0.4 is 10.5 Å². The van der Waals surface area contributed by atoms with E-state index in [9.17, 15) is 0 Å². The summed E-state index contributed by atoms with van der Waals surface area (Å²) >= 11 is 0. The summed E-state index contributed by atoms with van der Waals surface area (Å²) in [5.74, 6) is 1.02. The van der Waals surface area contributed by atoms with Crippen LogP contribution in [0.25, 0.3) is 0 Å². The molecule has 0 heterocycles. The van der Waals surface area contributed by atoms with Crippen molar-refractivity contribution in [2.75, 3.05) is 26.4 Å². The molecule has 1 aromatic carbocycles. The molecule has 0 fully saturated rings. The third-order valence-electron chi connectivity index (χ3n) is 2.82. The van der Waals surface area contributed by atoms with Gasteiger partial charge in [0.05, 0.1) is 13.2 Å². The van der Waals surface area contributed by atoms with Crippen LogP contribution in [0.15, 0.2) is 12.1 Å². The third kappa shape index (κ3) is 4.36. The van der Waals surface area contributed by atoms with Gasteiger partial charge in [-0.25, -0.2) is 0 Å². The van der Waals surface area contributed by atoms with E-state index >= 15 is 0 Å². The van der Waals surface area contributed by atoms with Crippen LogP contribution in [-0.4, -0.2) is 26.4 Å². The second-order valence-electron chi connectivity index (χ2n) is 4.26.